The average molecular weight is 439 g/mol. The molecule has 4 heterocycles. The fourth-order valence-corrected chi connectivity index (χ4v) is 5.24. The predicted molar refractivity (Wildman–Crippen MR) is 121 cm³/mol. The smallest absolute Gasteiger partial charge is 0.274 e. The Morgan fingerprint density at radius 3 is 2.45 bits per heavy atom. The summed E-state index contributed by atoms with van der Waals surface area (Å²) >= 11 is 1.39. The van der Waals surface area contributed by atoms with Crippen molar-refractivity contribution >= 4 is 27.3 Å². The lowest BCUT2D eigenvalue weighted by Gasteiger charge is -2.34. The lowest BCUT2D eigenvalue weighted by molar-refractivity contribution is 0.0619. The van der Waals surface area contributed by atoms with Crippen LogP contribution in [0.25, 0.3) is 4.96 Å². The molecule has 2 aromatic heterocycles. The molecule has 1 aromatic carbocycles. The zero-order chi connectivity index (χ0) is 21.2. The summed E-state index contributed by atoms with van der Waals surface area (Å²) in [5.41, 5.74) is 1.20. The fraction of sp³-hybridized carbons (Fsp3) is 0.455. The van der Waals surface area contributed by atoms with Crippen molar-refractivity contribution in [3.8, 4) is 0 Å². The molecule has 0 aliphatic carbocycles. The number of rotatable bonds is 4. The van der Waals surface area contributed by atoms with E-state index in [9.17, 15) is 9.59 Å². The third-order valence-corrected chi connectivity index (χ3v) is 6.97. The standard InChI is InChI=1S/C22H26N6O2S/c29-19-15-18(28-21(23-19)31-22(24-28)27-9-5-2-6-10-27)20(30)26-13-11-25(12-14-26)16-17-7-3-1-4-8-17/h1,3-4,7-8,15H,2,5-6,9-14,16H2. The summed E-state index contributed by atoms with van der Waals surface area (Å²) in [6.45, 7) is 5.67. The Hall–Kier alpha value is -2.78. The quantitative estimate of drug-likeness (QED) is 0.621. The minimum absolute atomic E-state index is 0.149. The number of nitrogens with zero attached hydrogens (tertiary/aromatic N) is 6. The van der Waals surface area contributed by atoms with Gasteiger partial charge in [-0.05, 0) is 24.8 Å². The number of carbonyl (C=O) groups is 1. The topological polar surface area (TPSA) is 74.0 Å². The summed E-state index contributed by atoms with van der Waals surface area (Å²) < 4.78 is 1.56. The molecule has 1 amide bonds. The molecule has 3 aromatic rings. The molecule has 0 saturated carbocycles. The van der Waals surface area contributed by atoms with Crippen LogP contribution in [0.5, 0.6) is 0 Å². The molecule has 2 aliphatic rings. The highest BCUT2D eigenvalue weighted by molar-refractivity contribution is 7.20. The van der Waals surface area contributed by atoms with Gasteiger partial charge in [0.05, 0.1) is 0 Å². The minimum Gasteiger partial charge on any atom is -0.347 e. The van der Waals surface area contributed by atoms with Gasteiger partial charge < -0.3 is 9.80 Å². The number of hydrogen-bond acceptors (Lipinski definition) is 7. The van der Waals surface area contributed by atoms with E-state index < -0.39 is 0 Å². The Labute approximate surface area is 184 Å². The molecule has 5 rings (SSSR count). The SMILES string of the molecule is O=C(c1cc(=O)nc2sc(N3CCCCC3)nn12)N1CCN(Cc2ccccc2)CC1. The average Bonchev–Trinajstić information content (AvgIpc) is 3.24. The van der Waals surface area contributed by atoms with E-state index in [1.807, 2.05) is 23.1 Å². The molecule has 0 spiro atoms. The zero-order valence-corrected chi connectivity index (χ0v) is 18.3. The summed E-state index contributed by atoms with van der Waals surface area (Å²) in [6.07, 6.45) is 3.51. The van der Waals surface area contributed by atoms with E-state index in [0.29, 0.717) is 23.7 Å². The molecule has 9 heteroatoms. The lowest BCUT2D eigenvalue weighted by atomic mass is 10.1. The van der Waals surface area contributed by atoms with Crippen LogP contribution in [0.2, 0.25) is 0 Å². The maximum Gasteiger partial charge on any atom is 0.274 e. The molecule has 2 saturated heterocycles. The monoisotopic (exact) mass is 438 g/mol. The van der Waals surface area contributed by atoms with E-state index in [4.69, 9.17) is 0 Å². The Bertz CT molecular complexity index is 1110. The highest BCUT2D eigenvalue weighted by atomic mass is 32.1. The number of hydrogen-bond donors (Lipinski definition) is 0. The van der Waals surface area contributed by atoms with Crippen molar-refractivity contribution in [3.63, 3.8) is 0 Å². The van der Waals surface area contributed by atoms with Crippen LogP contribution < -0.4 is 10.5 Å². The van der Waals surface area contributed by atoms with Crippen molar-refractivity contribution in [2.24, 2.45) is 0 Å². The van der Waals surface area contributed by atoms with Gasteiger partial charge >= 0.3 is 0 Å². The van der Waals surface area contributed by atoms with Crippen molar-refractivity contribution in [1.29, 1.82) is 0 Å². The van der Waals surface area contributed by atoms with Crippen LogP contribution in [-0.4, -0.2) is 69.6 Å². The molecule has 2 fully saturated rings. The van der Waals surface area contributed by atoms with E-state index >= 15 is 0 Å². The predicted octanol–water partition coefficient (Wildman–Crippen LogP) is 2.10. The summed E-state index contributed by atoms with van der Waals surface area (Å²) in [5.74, 6) is -0.149. The summed E-state index contributed by atoms with van der Waals surface area (Å²) in [4.78, 5) is 36.5. The summed E-state index contributed by atoms with van der Waals surface area (Å²) in [6, 6.07) is 11.7. The Morgan fingerprint density at radius 1 is 0.968 bits per heavy atom. The Kier molecular flexibility index (Phi) is 5.69. The second-order valence-corrected chi connectivity index (χ2v) is 9.09. The normalized spacial score (nSPS) is 17.9. The number of benzene rings is 1. The van der Waals surface area contributed by atoms with Gasteiger partial charge in [0.2, 0.25) is 10.1 Å². The van der Waals surface area contributed by atoms with Gasteiger partial charge in [0, 0.05) is 51.9 Å². The largest absolute Gasteiger partial charge is 0.347 e. The lowest BCUT2D eigenvalue weighted by Crippen LogP contribution is -2.48. The second-order valence-electron chi connectivity index (χ2n) is 8.16. The van der Waals surface area contributed by atoms with E-state index in [1.54, 1.807) is 4.52 Å². The number of amides is 1. The maximum absolute atomic E-state index is 13.3. The number of carbonyl (C=O) groups excluding carboxylic acids is 1. The van der Waals surface area contributed by atoms with E-state index in [1.165, 1.54) is 29.4 Å². The molecule has 0 bridgehead atoms. The van der Waals surface area contributed by atoms with Gasteiger partial charge in [0.1, 0.15) is 5.69 Å². The van der Waals surface area contributed by atoms with Crippen LogP contribution in [0.4, 0.5) is 5.13 Å². The number of piperazine rings is 1. The molecule has 31 heavy (non-hydrogen) atoms. The molecule has 162 valence electrons. The first-order valence-corrected chi connectivity index (χ1v) is 11.7. The first-order valence-electron chi connectivity index (χ1n) is 10.9. The van der Waals surface area contributed by atoms with Crippen molar-refractivity contribution < 1.29 is 4.79 Å². The number of fused-ring (bicyclic) bond motifs is 1. The zero-order valence-electron chi connectivity index (χ0n) is 17.4. The molecular weight excluding hydrogens is 412 g/mol. The third kappa shape index (κ3) is 4.33. The number of aromatic nitrogens is 3. The first-order chi connectivity index (χ1) is 15.2. The van der Waals surface area contributed by atoms with Crippen molar-refractivity contribution in [1.82, 2.24) is 24.4 Å². The van der Waals surface area contributed by atoms with Gasteiger partial charge in [-0.3, -0.25) is 14.5 Å². The van der Waals surface area contributed by atoms with Crippen molar-refractivity contribution in [2.75, 3.05) is 44.2 Å². The molecular formula is C22H26N6O2S. The van der Waals surface area contributed by atoms with Crippen molar-refractivity contribution in [2.45, 2.75) is 25.8 Å². The Morgan fingerprint density at radius 2 is 1.71 bits per heavy atom. The van der Waals surface area contributed by atoms with Crippen LogP contribution in [-0.2, 0) is 6.54 Å². The second kappa shape index (κ2) is 8.76. The molecule has 0 atom stereocenters. The maximum atomic E-state index is 13.3. The van der Waals surface area contributed by atoms with Gasteiger partial charge in [-0.1, -0.05) is 41.7 Å². The molecule has 0 radical (unpaired) electrons. The van der Waals surface area contributed by atoms with Crippen LogP contribution in [0, 0.1) is 0 Å². The molecule has 8 nitrogen and oxygen atoms in total. The third-order valence-electron chi connectivity index (χ3n) is 6.00. The van der Waals surface area contributed by atoms with Gasteiger partial charge in [-0.15, -0.1) is 5.10 Å². The highest BCUT2D eigenvalue weighted by Gasteiger charge is 2.26. The highest BCUT2D eigenvalue weighted by Crippen LogP contribution is 2.25. The van der Waals surface area contributed by atoms with Crippen LogP contribution in [0.15, 0.2) is 41.2 Å². The minimum atomic E-state index is -0.389. The van der Waals surface area contributed by atoms with Crippen LogP contribution in [0.3, 0.4) is 0 Å². The van der Waals surface area contributed by atoms with Gasteiger partial charge in [-0.25, -0.2) is 0 Å². The summed E-state index contributed by atoms with van der Waals surface area (Å²) in [7, 11) is 0. The first kappa shape index (κ1) is 20.1. The fourth-order valence-electron chi connectivity index (χ4n) is 4.28. The Balaban J connectivity index is 1.32. The number of piperidine rings is 1. The summed E-state index contributed by atoms with van der Waals surface area (Å²) in [5, 5.41) is 5.50. The number of anilines is 1. The van der Waals surface area contributed by atoms with E-state index in [0.717, 1.165) is 50.7 Å². The van der Waals surface area contributed by atoms with Gasteiger partial charge in [-0.2, -0.15) is 9.50 Å². The van der Waals surface area contributed by atoms with E-state index in [2.05, 4.69) is 32.0 Å². The molecule has 0 unspecified atom stereocenters. The molecule has 0 N–H and O–H groups in total. The van der Waals surface area contributed by atoms with E-state index in [-0.39, 0.29) is 11.5 Å². The van der Waals surface area contributed by atoms with Crippen molar-refractivity contribution in [3.05, 3.63) is 58.0 Å². The van der Waals surface area contributed by atoms with Gasteiger partial charge in [0.15, 0.2) is 0 Å². The van der Waals surface area contributed by atoms with Crippen LogP contribution in [0.1, 0.15) is 35.3 Å². The molecule has 2 aliphatic heterocycles. The van der Waals surface area contributed by atoms with Gasteiger partial charge in [0.25, 0.3) is 11.5 Å². The van der Waals surface area contributed by atoms with Crippen LogP contribution >= 0.6 is 11.3 Å².